The molecule has 16 heteroatoms. The summed E-state index contributed by atoms with van der Waals surface area (Å²) in [4.78, 5) is 61.6. The molecule has 0 spiro atoms. The number of hydrogen-bond acceptors (Lipinski definition) is 10. The molecule has 0 aromatic heterocycles. The molecule has 0 aromatic carbocycles. The molecule has 15 nitrogen and oxygen atoms in total. The van der Waals surface area contributed by atoms with E-state index < -0.39 is 26.1 Å². The van der Waals surface area contributed by atoms with Crippen LogP contribution in [0.3, 0.4) is 0 Å². The molecule has 1 unspecified atom stereocenters. The SMILES string of the molecule is CC.CCCCP(OCC)OCCOCCOCCNC(=O)CNC(=O)CNC(=O)CNC(=O)CCCCC(=O)N1CC[C@H](OC)C1. The average molecular weight is 694 g/mol. The van der Waals surface area contributed by atoms with Crippen molar-refractivity contribution in [3.05, 3.63) is 0 Å². The van der Waals surface area contributed by atoms with E-state index in [1.807, 2.05) is 20.8 Å². The number of carbonyl (C=O) groups is 5. The summed E-state index contributed by atoms with van der Waals surface area (Å²) in [6.07, 6.45) is 5.71. The van der Waals surface area contributed by atoms with Gasteiger partial charge in [-0.15, -0.1) is 0 Å². The van der Waals surface area contributed by atoms with E-state index in [0.717, 1.165) is 25.4 Å². The van der Waals surface area contributed by atoms with Crippen LogP contribution in [-0.2, 0) is 47.2 Å². The van der Waals surface area contributed by atoms with Gasteiger partial charge >= 0.3 is 0 Å². The molecule has 1 heterocycles. The largest absolute Gasteiger partial charge is 0.380 e. The lowest BCUT2D eigenvalue weighted by Gasteiger charge is -2.16. The molecular weight excluding hydrogens is 633 g/mol. The lowest BCUT2D eigenvalue weighted by Crippen LogP contribution is -2.44. The number of hydrogen-bond donors (Lipinski definition) is 4. The van der Waals surface area contributed by atoms with Crippen molar-refractivity contribution in [1.82, 2.24) is 26.2 Å². The van der Waals surface area contributed by atoms with Crippen LogP contribution in [0.2, 0.25) is 0 Å². The predicted molar refractivity (Wildman–Crippen MR) is 180 cm³/mol. The van der Waals surface area contributed by atoms with Gasteiger partial charge in [-0.1, -0.05) is 27.2 Å². The van der Waals surface area contributed by atoms with Crippen LogP contribution in [0.5, 0.6) is 0 Å². The van der Waals surface area contributed by atoms with Crippen molar-refractivity contribution in [2.75, 3.05) is 92.2 Å². The summed E-state index contributed by atoms with van der Waals surface area (Å²) in [6, 6.07) is 0. The summed E-state index contributed by atoms with van der Waals surface area (Å²) in [7, 11) is 0.789. The van der Waals surface area contributed by atoms with E-state index in [0.29, 0.717) is 72.0 Å². The Kier molecular flexibility index (Phi) is 29.3. The van der Waals surface area contributed by atoms with Crippen LogP contribution < -0.4 is 21.3 Å². The van der Waals surface area contributed by atoms with Gasteiger partial charge in [0.15, 0.2) is 8.38 Å². The van der Waals surface area contributed by atoms with Gasteiger partial charge in [0.05, 0.1) is 65.4 Å². The molecule has 47 heavy (non-hydrogen) atoms. The number of methoxy groups -OCH3 is 1. The number of amides is 5. The first-order valence-corrected chi connectivity index (χ1v) is 18.2. The second kappa shape index (κ2) is 30.9. The molecule has 2 atom stereocenters. The molecule has 5 amide bonds. The zero-order valence-corrected chi connectivity index (χ0v) is 30.1. The predicted octanol–water partition coefficient (Wildman–Crippen LogP) is 1.48. The van der Waals surface area contributed by atoms with E-state index in [4.69, 9.17) is 23.3 Å². The highest BCUT2D eigenvalue weighted by atomic mass is 31.2. The monoisotopic (exact) mass is 693 g/mol. The third-order valence-corrected chi connectivity index (χ3v) is 8.28. The van der Waals surface area contributed by atoms with E-state index in [1.165, 1.54) is 0 Å². The maximum absolute atomic E-state index is 12.2. The molecule has 0 aliphatic carbocycles. The quantitative estimate of drug-likeness (QED) is 0.0727. The number of ether oxygens (including phenoxy) is 3. The van der Waals surface area contributed by atoms with Gasteiger partial charge in [0, 0.05) is 45.7 Å². The van der Waals surface area contributed by atoms with Crippen molar-refractivity contribution in [2.45, 2.75) is 78.7 Å². The van der Waals surface area contributed by atoms with Gasteiger partial charge in [0.25, 0.3) is 0 Å². The Hall–Kier alpha value is -2.42. The van der Waals surface area contributed by atoms with E-state index in [9.17, 15) is 24.0 Å². The Morgan fingerprint density at radius 3 is 1.89 bits per heavy atom. The van der Waals surface area contributed by atoms with E-state index in [-0.39, 0.29) is 50.5 Å². The van der Waals surface area contributed by atoms with Gasteiger partial charge < -0.3 is 49.4 Å². The van der Waals surface area contributed by atoms with Crippen LogP contribution in [0.25, 0.3) is 0 Å². The topological polar surface area (TPSA) is 183 Å². The second-order valence-corrected chi connectivity index (χ2v) is 11.9. The normalized spacial score (nSPS) is 14.5. The summed E-state index contributed by atoms with van der Waals surface area (Å²) >= 11 is 0. The van der Waals surface area contributed by atoms with E-state index in [2.05, 4.69) is 28.2 Å². The summed E-state index contributed by atoms with van der Waals surface area (Å²) in [5.74, 6) is -1.72. The molecular formula is C31H60N5O10P. The van der Waals surface area contributed by atoms with Crippen LogP contribution in [-0.4, -0.2) is 133 Å². The molecule has 1 fully saturated rings. The van der Waals surface area contributed by atoms with Crippen LogP contribution in [0.4, 0.5) is 0 Å². The van der Waals surface area contributed by atoms with Crippen molar-refractivity contribution in [1.29, 1.82) is 0 Å². The molecule has 0 aromatic rings. The Balaban J connectivity index is 0.0000104. The number of unbranched alkanes of at least 4 members (excludes halogenated alkanes) is 2. The van der Waals surface area contributed by atoms with Crippen LogP contribution in [0.1, 0.15) is 72.6 Å². The molecule has 1 aliphatic heterocycles. The molecule has 1 aliphatic rings. The summed E-state index contributed by atoms with van der Waals surface area (Å²) in [5.41, 5.74) is 0. The van der Waals surface area contributed by atoms with Crippen molar-refractivity contribution in [2.24, 2.45) is 0 Å². The molecule has 274 valence electrons. The fourth-order valence-corrected chi connectivity index (χ4v) is 5.53. The van der Waals surface area contributed by atoms with Crippen molar-refractivity contribution < 1.29 is 47.2 Å². The van der Waals surface area contributed by atoms with Crippen LogP contribution >= 0.6 is 8.38 Å². The summed E-state index contributed by atoms with van der Waals surface area (Å²) in [6.45, 7) is 11.4. The van der Waals surface area contributed by atoms with E-state index in [1.54, 1.807) is 12.0 Å². The lowest BCUT2D eigenvalue weighted by molar-refractivity contribution is -0.131. The third-order valence-electron chi connectivity index (χ3n) is 6.58. The molecule has 1 rings (SSSR count). The Morgan fingerprint density at radius 2 is 1.30 bits per heavy atom. The first-order chi connectivity index (χ1) is 22.8. The number of rotatable bonds is 27. The Morgan fingerprint density at radius 1 is 0.723 bits per heavy atom. The van der Waals surface area contributed by atoms with Crippen molar-refractivity contribution in [3.8, 4) is 0 Å². The first-order valence-electron chi connectivity index (χ1n) is 16.8. The summed E-state index contributed by atoms with van der Waals surface area (Å²) in [5, 5.41) is 9.90. The molecule has 0 bridgehead atoms. The first kappa shape index (κ1) is 44.6. The average Bonchev–Trinajstić information content (AvgIpc) is 3.57. The highest BCUT2D eigenvalue weighted by molar-refractivity contribution is 7.47. The Bertz CT molecular complexity index is 871. The fraction of sp³-hybridized carbons (Fsp3) is 0.839. The zero-order valence-electron chi connectivity index (χ0n) is 29.2. The van der Waals surface area contributed by atoms with Crippen molar-refractivity contribution in [3.63, 3.8) is 0 Å². The maximum Gasteiger partial charge on any atom is 0.239 e. The molecule has 0 saturated carbocycles. The minimum Gasteiger partial charge on any atom is -0.380 e. The smallest absolute Gasteiger partial charge is 0.239 e. The highest BCUT2D eigenvalue weighted by Gasteiger charge is 2.25. The van der Waals surface area contributed by atoms with E-state index >= 15 is 0 Å². The van der Waals surface area contributed by atoms with Gasteiger partial charge in [-0.05, 0) is 32.6 Å². The lowest BCUT2D eigenvalue weighted by atomic mass is 10.1. The Labute approximate surface area is 282 Å². The van der Waals surface area contributed by atoms with Gasteiger partial charge in [0.1, 0.15) is 0 Å². The standard InChI is InChI=1S/C29H54N5O10P.C2H6/c1-4-6-19-45(43-5-2)44-18-17-42-16-15-41-14-12-30-26(36)20-32-28(38)22-33-27(37)21-31-25(35)9-7-8-10-29(39)34-13-11-24(23-34)40-3;1-2/h24H,4-23H2,1-3H3,(H,30,36)(H,31,35)(H,32,38)(H,33,37);1-2H3/t24-,45?;/m0./s1. The van der Waals surface area contributed by atoms with Crippen LogP contribution in [0.15, 0.2) is 0 Å². The summed E-state index contributed by atoms with van der Waals surface area (Å²) < 4.78 is 27.5. The fourth-order valence-electron chi connectivity index (χ4n) is 4.06. The molecule has 1 saturated heterocycles. The minimum atomic E-state index is -0.849. The van der Waals surface area contributed by atoms with Gasteiger partial charge in [0.2, 0.25) is 29.5 Å². The molecule has 0 radical (unpaired) electrons. The third kappa shape index (κ3) is 25.3. The maximum atomic E-state index is 12.2. The number of nitrogens with one attached hydrogen (secondary N) is 4. The van der Waals surface area contributed by atoms with Crippen molar-refractivity contribution >= 4 is 37.9 Å². The second-order valence-electron chi connectivity index (χ2n) is 10.3. The van der Waals surface area contributed by atoms with Gasteiger partial charge in [-0.3, -0.25) is 24.0 Å². The highest BCUT2D eigenvalue weighted by Crippen LogP contribution is 2.38. The number of nitrogens with zero attached hydrogens (tertiary/aromatic N) is 1. The zero-order chi connectivity index (χ0) is 35.1. The number of likely N-dealkylation sites (tertiary alicyclic amines) is 1. The minimum absolute atomic E-state index is 0.0588. The van der Waals surface area contributed by atoms with Gasteiger partial charge in [-0.2, -0.15) is 0 Å². The van der Waals surface area contributed by atoms with Gasteiger partial charge in [-0.25, -0.2) is 0 Å². The molecule has 4 N–H and O–H groups in total. The number of carbonyl (C=O) groups excluding carboxylic acids is 5. The van der Waals surface area contributed by atoms with Crippen LogP contribution in [0, 0.1) is 0 Å².